The van der Waals surface area contributed by atoms with E-state index in [9.17, 15) is 0 Å². The highest BCUT2D eigenvalue weighted by Gasteiger charge is 2.14. The molecule has 0 aliphatic carbocycles. The lowest BCUT2D eigenvalue weighted by Gasteiger charge is -2.13. The average molecular weight is 1650 g/mol. The van der Waals surface area contributed by atoms with E-state index in [2.05, 4.69) is 309 Å². The van der Waals surface area contributed by atoms with E-state index in [1.165, 1.54) is 16.7 Å². The molecule has 0 saturated carbocycles. The number of hydrogen-bond acceptors (Lipinski definition) is 10. The first-order valence-electron chi connectivity index (χ1n) is 37.8. The maximum absolute atomic E-state index is 5.59. The summed E-state index contributed by atoms with van der Waals surface area (Å²) >= 11 is 10.3. The molecule has 0 aliphatic heterocycles. The number of halogens is 2. The first-order valence-corrected chi connectivity index (χ1v) is 41.5. The zero-order valence-electron chi connectivity index (χ0n) is 72.5. The van der Waals surface area contributed by atoms with Crippen molar-refractivity contribution in [2.24, 2.45) is 43.3 Å². The van der Waals surface area contributed by atoms with Crippen LogP contribution in [-0.2, 0) is 17.9 Å². The van der Waals surface area contributed by atoms with Crippen molar-refractivity contribution in [1.29, 1.82) is 0 Å². The minimum absolute atomic E-state index is 0.201. The summed E-state index contributed by atoms with van der Waals surface area (Å²) in [5.41, 5.74) is 7.02. The summed E-state index contributed by atoms with van der Waals surface area (Å²) in [7, 11) is 0. The molecule has 0 N–H and O–H groups in total. The fraction of sp³-hybridized carbons (Fsp3) is 0.479. The Morgan fingerprint density at radius 3 is 1.44 bits per heavy atom. The first-order chi connectivity index (χ1) is 49.6. The highest BCUT2D eigenvalue weighted by molar-refractivity contribution is 9.10. The highest BCUT2D eigenvalue weighted by atomic mass is 79.9. The summed E-state index contributed by atoms with van der Waals surface area (Å²) in [5, 5.41) is 2.15. The van der Waals surface area contributed by atoms with Crippen molar-refractivity contribution in [2.45, 2.75) is 252 Å². The van der Waals surface area contributed by atoms with Crippen LogP contribution in [0.3, 0.4) is 0 Å². The van der Waals surface area contributed by atoms with Crippen LogP contribution in [0.25, 0.3) is 23.3 Å². The monoisotopic (exact) mass is 1640 g/mol. The summed E-state index contributed by atoms with van der Waals surface area (Å²) in [4.78, 5) is 0. The van der Waals surface area contributed by atoms with Crippen LogP contribution in [0.15, 0.2) is 238 Å². The number of allylic oxidation sites excluding steroid dienone is 14. The molecule has 0 fully saturated rings. The van der Waals surface area contributed by atoms with Gasteiger partial charge in [0.2, 0.25) is 0 Å². The van der Waals surface area contributed by atoms with Gasteiger partial charge >= 0.3 is 0 Å². The van der Waals surface area contributed by atoms with Crippen molar-refractivity contribution in [1.82, 2.24) is 0 Å². The minimum Gasteiger partial charge on any atom is -0.469 e. The van der Waals surface area contributed by atoms with Gasteiger partial charge in [0.15, 0.2) is 4.67 Å². The summed E-state index contributed by atoms with van der Waals surface area (Å²) in [6, 6.07) is 27.7. The van der Waals surface area contributed by atoms with E-state index < -0.39 is 0 Å². The van der Waals surface area contributed by atoms with Crippen LogP contribution in [0.1, 0.15) is 275 Å². The van der Waals surface area contributed by atoms with Crippen LogP contribution < -0.4 is 0 Å². The SMILES string of the molecule is C/C(=C\C(C)(C)C)Cc1ccco1.C/C(=C\C(C)(C)C)c1cc(C)oc1C.C/C(=C\C=C\C(C)(C)C)c1ccco1.CC(C)(C)/C=C/CSCc1ccco1.CC(C)(C)/C=C/c1ccc(Br)o1.CC(C)(C)/C=C/c1occc1Br.Cc1ccc(C(C)C/C=C/C(C)(C)C)o1.Cc1ccc(CS/C=C/C(C)(C)C)o1. The van der Waals surface area contributed by atoms with Crippen molar-refractivity contribution < 1.29 is 35.3 Å². The molecule has 8 aromatic heterocycles. The Bertz CT molecular complexity index is 3950. The third-order valence-electron chi connectivity index (χ3n) is 14.1. The lowest BCUT2D eigenvalue weighted by Crippen LogP contribution is -2.01. The second-order valence-electron chi connectivity index (χ2n) is 36.1. The molecule has 0 aliphatic rings. The van der Waals surface area contributed by atoms with Crippen LogP contribution >= 0.6 is 55.4 Å². The molecule has 8 nitrogen and oxygen atoms in total. The van der Waals surface area contributed by atoms with Gasteiger partial charge in [0.1, 0.15) is 63.4 Å². The van der Waals surface area contributed by atoms with Gasteiger partial charge in [0, 0.05) is 23.7 Å². The number of thioether (sulfide) groups is 2. The normalized spacial score (nSPS) is 13.3. The summed E-state index contributed by atoms with van der Waals surface area (Å²) in [6.07, 6.45) is 39.1. The van der Waals surface area contributed by atoms with E-state index in [0.717, 1.165) is 108 Å². The Morgan fingerprint density at radius 2 is 0.991 bits per heavy atom. The van der Waals surface area contributed by atoms with Crippen LogP contribution in [0.5, 0.6) is 0 Å². The summed E-state index contributed by atoms with van der Waals surface area (Å²) in [5.74, 6) is 14.3. The molecular formula is C96H140Br2O8S2. The van der Waals surface area contributed by atoms with Crippen molar-refractivity contribution in [2.75, 3.05) is 5.75 Å². The van der Waals surface area contributed by atoms with E-state index in [0.29, 0.717) is 11.3 Å². The standard InChI is InChI=1S/C14H22O.C13H20O.C13H18O.2C12H18OS.C12H18O.2C10H13BrO/c1-11(7-6-10-14(3,4)5)13-9-8-12(2)15-13;1-9(8-13(4,5)6)12-7-10(2)14-11(12)3;1-11(12-8-6-10-14-12)7-5-9-13(2,3)4;1-10-5-6-11(13-10)9-14-8-7-12(2,3)4;1-12(2,3)7-5-9-14-10-11-6-4-8-13-11;1-10(9-12(2,3)4)8-11-6-5-7-13-11;1-10(2,3)6-4-9-8(11)5-7-12-9;1-10(2,3)7-6-8-4-5-9(11)12-8/h6,8-11H,7H2,1-5H3;7-8H,1-6H3;5-10H,1-4H3;5-8H,9H2,1-4H3;4-8H,9-10H2,1-3H3;5-7,9H,8H2,1-4H3;2*4-7H,1-3H3/b10-6+;9-8+;9-5+,11-7+;8-7+;7-5+;10-9+;6-4+;7-6+. The maximum Gasteiger partial charge on any atom is 0.169 e. The predicted octanol–water partition coefficient (Wildman–Crippen LogP) is 33.8. The van der Waals surface area contributed by atoms with E-state index in [-0.39, 0.29) is 37.9 Å². The predicted molar refractivity (Wildman–Crippen MR) is 480 cm³/mol. The molecule has 598 valence electrons. The topological polar surface area (TPSA) is 105 Å². The molecule has 0 bridgehead atoms. The average Bonchev–Trinajstić information content (AvgIpc) is 1.71. The van der Waals surface area contributed by atoms with Gasteiger partial charge in [-0.1, -0.05) is 252 Å². The molecule has 0 radical (unpaired) electrons. The maximum atomic E-state index is 5.59. The Balaban J connectivity index is 0.000000618. The van der Waals surface area contributed by atoms with E-state index >= 15 is 0 Å². The van der Waals surface area contributed by atoms with Gasteiger partial charge in [-0.05, 0) is 244 Å². The Kier molecular flexibility index (Phi) is 44.6. The fourth-order valence-corrected chi connectivity index (χ4v) is 11.5. The molecule has 1 unspecified atom stereocenters. The van der Waals surface area contributed by atoms with Crippen LogP contribution in [0.4, 0.5) is 0 Å². The Labute approximate surface area is 681 Å². The fourth-order valence-electron chi connectivity index (χ4n) is 9.22. The molecule has 12 heteroatoms. The number of rotatable bonds is 17. The van der Waals surface area contributed by atoms with Gasteiger partial charge < -0.3 is 35.3 Å². The molecule has 108 heavy (non-hydrogen) atoms. The molecule has 0 saturated heterocycles. The number of furan rings is 8. The summed E-state index contributed by atoms with van der Waals surface area (Å²) in [6.45, 7) is 69.1. The molecule has 1 atom stereocenters. The largest absolute Gasteiger partial charge is 0.469 e. The highest BCUT2D eigenvalue weighted by Crippen LogP contribution is 2.30. The van der Waals surface area contributed by atoms with Crippen molar-refractivity contribution in [3.8, 4) is 0 Å². The lowest BCUT2D eigenvalue weighted by molar-refractivity contribution is 0.453. The second-order valence-corrected chi connectivity index (χ2v) is 39.6. The molecule has 0 amide bonds. The summed E-state index contributed by atoms with van der Waals surface area (Å²) < 4.78 is 44.7. The number of hydrogen-bond donors (Lipinski definition) is 0. The minimum atomic E-state index is 0.201. The molecule has 8 heterocycles. The van der Waals surface area contributed by atoms with Gasteiger partial charge in [-0.3, -0.25) is 0 Å². The van der Waals surface area contributed by atoms with Crippen molar-refractivity contribution in [3.05, 3.63) is 272 Å². The van der Waals surface area contributed by atoms with Gasteiger partial charge in [-0.25, -0.2) is 0 Å². The van der Waals surface area contributed by atoms with Gasteiger partial charge in [0.25, 0.3) is 0 Å². The van der Waals surface area contributed by atoms with Crippen LogP contribution in [0, 0.1) is 71.0 Å². The Morgan fingerprint density at radius 1 is 0.454 bits per heavy atom. The van der Waals surface area contributed by atoms with Crippen molar-refractivity contribution in [3.63, 3.8) is 0 Å². The quantitative estimate of drug-likeness (QED) is 0.0497. The molecule has 0 aromatic carbocycles. The third-order valence-corrected chi connectivity index (χ3v) is 16.9. The lowest BCUT2D eigenvalue weighted by atomic mass is 9.92. The van der Waals surface area contributed by atoms with Gasteiger partial charge in [-0.2, -0.15) is 0 Å². The smallest absolute Gasteiger partial charge is 0.169 e. The molecule has 0 spiro atoms. The van der Waals surface area contributed by atoms with Crippen molar-refractivity contribution >= 4 is 78.7 Å². The molecule has 8 rings (SSSR count). The van der Waals surface area contributed by atoms with Crippen LogP contribution in [0.2, 0.25) is 0 Å². The zero-order chi connectivity index (χ0) is 82.3. The zero-order valence-corrected chi connectivity index (χ0v) is 77.3. The van der Waals surface area contributed by atoms with Crippen LogP contribution in [-0.4, -0.2) is 5.75 Å². The molecule has 8 aromatic rings. The third kappa shape index (κ3) is 55.0. The van der Waals surface area contributed by atoms with Gasteiger partial charge in [-0.15, -0.1) is 23.5 Å². The first kappa shape index (κ1) is 99.6. The van der Waals surface area contributed by atoms with E-state index in [4.69, 9.17) is 35.3 Å². The molecular weight excluding hydrogens is 1500 g/mol. The second kappa shape index (κ2) is 48.4. The van der Waals surface area contributed by atoms with Gasteiger partial charge in [0.05, 0.1) is 41.0 Å². The Hall–Kier alpha value is -6.44. The van der Waals surface area contributed by atoms with E-state index in [1.54, 1.807) is 36.8 Å². The van der Waals surface area contributed by atoms with E-state index in [1.807, 2.05) is 131 Å². The number of aryl methyl sites for hydroxylation is 4.